The molecule has 2 N–H and O–H groups in total. The quantitative estimate of drug-likeness (QED) is 0.359. The summed E-state index contributed by atoms with van der Waals surface area (Å²) in [5.41, 5.74) is 0. The van der Waals surface area contributed by atoms with Gasteiger partial charge in [-0.25, -0.2) is 0 Å². The molecule has 168 valence electrons. The third-order valence-electron chi connectivity index (χ3n) is 3.63. The molecule has 2 rings (SSSR count). The molecule has 0 heterocycles. The molecule has 0 spiro atoms. The van der Waals surface area contributed by atoms with Crippen molar-refractivity contribution in [1.29, 1.82) is 0 Å². The van der Waals surface area contributed by atoms with Gasteiger partial charge in [-0.2, -0.15) is 0 Å². The van der Waals surface area contributed by atoms with Crippen LogP contribution in [0.25, 0.3) is 0 Å². The number of amides is 2. The van der Waals surface area contributed by atoms with Gasteiger partial charge in [0.05, 0.1) is 19.0 Å². The van der Waals surface area contributed by atoms with Crippen LogP contribution >= 0.6 is 78.3 Å². The molecule has 0 saturated heterocycles. The Labute approximate surface area is 216 Å². The van der Waals surface area contributed by atoms with Crippen molar-refractivity contribution >= 4 is 90.1 Å². The Balaban J connectivity index is 1.74. The van der Waals surface area contributed by atoms with Crippen LogP contribution in [0.3, 0.4) is 0 Å². The first-order chi connectivity index (χ1) is 14.6. The largest absolute Gasteiger partial charge is 0.481 e. The van der Waals surface area contributed by atoms with E-state index in [1.54, 1.807) is 19.1 Å². The molecule has 0 saturated carbocycles. The van der Waals surface area contributed by atoms with Gasteiger partial charge in [-0.15, -0.1) is 0 Å². The second kappa shape index (κ2) is 12.4. The summed E-state index contributed by atoms with van der Waals surface area (Å²) in [6, 6.07) is 5.88. The second-order valence-electron chi connectivity index (χ2n) is 6.25. The molecule has 31 heavy (non-hydrogen) atoms. The minimum Gasteiger partial charge on any atom is -0.481 e. The number of carbonyl (C=O) groups is 2. The number of benzene rings is 2. The molecular formula is C19H16Br2Cl4N2O4. The van der Waals surface area contributed by atoms with E-state index in [9.17, 15) is 9.59 Å². The fraction of sp³-hybridized carbons (Fsp3) is 0.263. The fourth-order valence-electron chi connectivity index (χ4n) is 2.29. The predicted octanol–water partition coefficient (Wildman–Crippen LogP) is 5.90. The Bertz CT molecular complexity index is 932. The summed E-state index contributed by atoms with van der Waals surface area (Å²) in [5, 5.41) is 6.80. The van der Waals surface area contributed by atoms with Gasteiger partial charge in [-0.3, -0.25) is 9.59 Å². The molecule has 0 radical (unpaired) electrons. The molecule has 0 bridgehead atoms. The first kappa shape index (κ1) is 26.4. The Hall–Kier alpha value is -0.900. The molecular weight excluding hydrogens is 622 g/mol. The average Bonchev–Trinajstić information content (AvgIpc) is 2.64. The zero-order valence-electron chi connectivity index (χ0n) is 15.9. The number of carbonyl (C=O) groups excluding carboxylic acids is 2. The molecule has 0 aliphatic heterocycles. The molecule has 1 atom stereocenters. The van der Waals surface area contributed by atoms with Crippen molar-refractivity contribution in [1.82, 2.24) is 10.6 Å². The maximum atomic E-state index is 12.1. The van der Waals surface area contributed by atoms with E-state index in [4.69, 9.17) is 55.9 Å². The summed E-state index contributed by atoms with van der Waals surface area (Å²) in [5.74, 6) is -0.141. The first-order valence-electron chi connectivity index (χ1n) is 8.67. The highest BCUT2D eigenvalue weighted by Gasteiger charge is 2.15. The lowest BCUT2D eigenvalue weighted by Gasteiger charge is -2.16. The van der Waals surface area contributed by atoms with Crippen LogP contribution in [0, 0.1) is 0 Å². The fourth-order valence-corrected chi connectivity index (χ4v) is 5.03. The predicted molar refractivity (Wildman–Crippen MR) is 130 cm³/mol. The van der Waals surface area contributed by atoms with Crippen LogP contribution in [0.5, 0.6) is 11.5 Å². The Morgan fingerprint density at radius 2 is 1.32 bits per heavy atom. The minimum absolute atomic E-state index is 0.189. The zero-order valence-corrected chi connectivity index (χ0v) is 22.1. The monoisotopic (exact) mass is 634 g/mol. The Kier molecular flexibility index (Phi) is 10.5. The molecule has 6 nitrogen and oxygen atoms in total. The van der Waals surface area contributed by atoms with Crippen molar-refractivity contribution in [2.24, 2.45) is 0 Å². The summed E-state index contributed by atoms with van der Waals surface area (Å²) >= 11 is 30.4. The average molecular weight is 638 g/mol. The Morgan fingerprint density at radius 3 is 1.77 bits per heavy atom. The molecule has 0 aromatic heterocycles. The van der Waals surface area contributed by atoms with E-state index in [-0.39, 0.29) is 47.7 Å². The van der Waals surface area contributed by atoms with Crippen LogP contribution < -0.4 is 20.1 Å². The Morgan fingerprint density at radius 1 is 0.871 bits per heavy atom. The zero-order chi connectivity index (χ0) is 23.1. The first-order valence-corrected chi connectivity index (χ1v) is 11.8. The third kappa shape index (κ3) is 8.51. The minimum atomic E-state index is -0.382. The van der Waals surface area contributed by atoms with Gasteiger partial charge < -0.3 is 20.1 Å². The highest BCUT2D eigenvalue weighted by Crippen LogP contribution is 2.36. The van der Waals surface area contributed by atoms with Gasteiger partial charge in [0.2, 0.25) is 0 Å². The van der Waals surface area contributed by atoms with Crippen molar-refractivity contribution in [3.05, 3.63) is 53.3 Å². The normalized spacial score (nSPS) is 11.6. The summed E-state index contributed by atoms with van der Waals surface area (Å²) in [7, 11) is 0. The van der Waals surface area contributed by atoms with E-state index < -0.39 is 0 Å². The molecule has 0 fully saturated rings. The molecule has 2 amide bonds. The van der Waals surface area contributed by atoms with E-state index in [0.717, 1.165) is 0 Å². The summed E-state index contributed by atoms with van der Waals surface area (Å²) < 4.78 is 11.9. The lowest BCUT2D eigenvalue weighted by molar-refractivity contribution is -0.125. The highest BCUT2D eigenvalue weighted by molar-refractivity contribution is 9.11. The van der Waals surface area contributed by atoms with Gasteiger partial charge in [-0.05, 0) is 63.0 Å². The van der Waals surface area contributed by atoms with Gasteiger partial charge in [-0.1, -0.05) is 46.4 Å². The van der Waals surface area contributed by atoms with Crippen LogP contribution in [0.15, 0.2) is 33.2 Å². The van der Waals surface area contributed by atoms with Gasteiger partial charge >= 0.3 is 0 Å². The van der Waals surface area contributed by atoms with Gasteiger partial charge in [0.25, 0.3) is 11.8 Å². The second-order valence-corrected chi connectivity index (χ2v) is 9.64. The van der Waals surface area contributed by atoms with E-state index in [1.807, 2.05) is 0 Å². The summed E-state index contributed by atoms with van der Waals surface area (Å²) in [6.45, 7) is 1.41. The van der Waals surface area contributed by atoms with Crippen LogP contribution in [0.1, 0.15) is 6.92 Å². The number of ether oxygens (including phenoxy) is 2. The van der Waals surface area contributed by atoms with Gasteiger partial charge in [0.1, 0.15) is 0 Å². The van der Waals surface area contributed by atoms with Crippen LogP contribution in [0.4, 0.5) is 0 Å². The maximum absolute atomic E-state index is 12.1. The molecule has 1 unspecified atom stereocenters. The van der Waals surface area contributed by atoms with E-state index >= 15 is 0 Å². The van der Waals surface area contributed by atoms with Crippen molar-refractivity contribution in [2.45, 2.75) is 13.0 Å². The summed E-state index contributed by atoms with van der Waals surface area (Å²) in [4.78, 5) is 24.1. The van der Waals surface area contributed by atoms with E-state index in [1.165, 1.54) is 12.1 Å². The lowest BCUT2D eigenvalue weighted by atomic mass is 10.3. The van der Waals surface area contributed by atoms with Crippen LogP contribution in [-0.2, 0) is 9.59 Å². The van der Waals surface area contributed by atoms with Crippen LogP contribution in [-0.4, -0.2) is 37.6 Å². The van der Waals surface area contributed by atoms with Crippen molar-refractivity contribution in [3.8, 4) is 11.5 Å². The van der Waals surface area contributed by atoms with Crippen molar-refractivity contribution in [2.75, 3.05) is 19.8 Å². The van der Waals surface area contributed by atoms with Crippen molar-refractivity contribution < 1.29 is 19.1 Å². The number of hydrogen-bond acceptors (Lipinski definition) is 4. The third-order valence-corrected chi connectivity index (χ3v) is 5.81. The van der Waals surface area contributed by atoms with E-state index in [2.05, 4.69) is 42.5 Å². The number of nitrogens with one attached hydrogen (secondary N) is 2. The highest BCUT2D eigenvalue weighted by atomic mass is 79.9. The molecule has 2 aromatic carbocycles. The van der Waals surface area contributed by atoms with Gasteiger partial charge in [0, 0.05) is 22.6 Å². The molecule has 0 aliphatic carbocycles. The van der Waals surface area contributed by atoms with Crippen LogP contribution in [0.2, 0.25) is 20.1 Å². The van der Waals surface area contributed by atoms with Crippen molar-refractivity contribution in [3.63, 3.8) is 0 Å². The number of hydrogen-bond donors (Lipinski definition) is 2. The summed E-state index contributed by atoms with van der Waals surface area (Å²) in [6.07, 6.45) is 0. The number of rotatable bonds is 9. The lowest BCUT2D eigenvalue weighted by Crippen LogP contribution is -2.44. The standard InChI is InChI=1S/C19H16Br2Cl4N2O4/c1-9(27-17(29)8-31-19-13(21)3-11(23)5-15(19)25)6-26-16(28)7-30-18-12(20)2-10(22)4-14(18)24/h2-5,9H,6-8H2,1H3,(H,26,28)(H,27,29). The SMILES string of the molecule is CC(CNC(=O)COc1c(Cl)cc(Cl)cc1Br)NC(=O)COc1c(Cl)cc(Cl)cc1Br. The molecule has 12 heteroatoms. The molecule has 2 aromatic rings. The smallest absolute Gasteiger partial charge is 0.258 e. The van der Waals surface area contributed by atoms with Gasteiger partial charge in [0.15, 0.2) is 24.7 Å². The van der Waals surface area contributed by atoms with E-state index in [0.29, 0.717) is 30.5 Å². The topological polar surface area (TPSA) is 76.7 Å². The maximum Gasteiger partial charge on any atom is 0.258 e. The number of halogens is 6. The molecule has 0 aliphatic rings.